The van der Waals surface area contributed by atoms with Crippen molar-refractivity contribution in [2.24, 2.45) is 0 Å². The molecule has 0 aromatic carbocycles. The van der Waals surface area contributed by atoms with E-state index in [1.165, 1.54) is 30.4 Å². The molecule has 64 valence electrons. The van der Waals surface area contributed by atoms with E-state index in [0.29, 0.717) is 0 Å². The molecule has 1 heterocycles. The quantitative estimate of drug-likeness (QED) is 0.621. The van der Waals surface area contributed by atoms with Crippen LogP contribution in [-0.4, -0.2) is 13.1 Å². The molecule has 1 heteroatoms. The standard InChI is InChI=1S/C11H15N/c1-2-5-10(6-3-1)11-7-4-8-12-9-11/h2,5-7,12H,1,3-4,8-9H2. The van der Waals surface area contributed by atoms with Gasteiger partial charge in [-0.25, -0.2) is 0 Å². The second-order valence-corrected chi connectivity index (χ2v) is 3.33. The van der Waals surface area contributed by atoms with Crippen molar-refractivity contribution < 1.29 is 0 Å². The molecule has 0 aromatic heterocycles. The van der Waals surface area contributed by atoms with Gasteiger partial charge in [0.1, 0.15) is 0 Å². The summed E-state index contributed by atoms with van der Waals surface area (Å²) in [6, 6.07) is 0. The molecule has 0 spiro atoms. The number of hydrogen-bond donors (Lipinski definition) is 1. The third kappa shape index (κ3) is 1.67. The molecule has 1 aliphatic heterocycles. The van der Waals surface area contributed by atoms with Crippen LogP contribution in [-0.2, 0) is 0 Å². The Labute approximate surface area is 73.9 Å². The maximum Gasteiger partial charge on any atom is 0.0208 e. The number of hydrogen-bond acceptors (Lipinski definition) is 1. The van der Waals surface area contributed by atoms with Crippen molar-refractivity contribution in [3.05, 3.63) is 35.5 Å². The highest BCUT2D eigenvalue weighted by Gasteiger charge is 2.06. The molecule has 2 aliphatic rings. The van der Waals surface area contributed by atoms with E-state index in [0.717, 1.165) is 13.1 Å². The normalized spacial score (nSPS) is 23.3. The van der Waals surface area contributed by atoms with Crippen LogP contribution in [0.25, 0.3) is 0 Å². The molecular weight excluding hydrogens is 146 g/mol. The summed E-state index contributed by atoms with van der Waals surface area (Å²) in [6.07, 6.45) is 12.8. The van der Waals surface area contributed by atoms with E-state index in [4.69, 9.17) is 0 Å². The Balaban J connectivity index is 2.12. The van der Waals surface area contributed by atoms with Gasteiger partial charge in [0.2, 0.25) is 0 Å². The van der Waals surface area contributed by atoms with E-state index >= 15 is 0 Å². The van der Waals surface area contributed by atoms with Gasteiger partial charge in [0.15, 0.2) is 0 Å². The van der Waals surface area contributed by atoms with Crippen LogP contribution in [0.2, 0.25) is 0 Å². The van der Waals surface area contributed by atoms with Gasteiger partial charge >= 0.3 is 0 Å². The maximum absolute atomic E-state index is 3.39. The lowest BCUT2D eigenvalue weighted by atomic mass is 9.97. The minimum atomic E-state index is 1.05. The summed E-state index contributed by atoms with van der Waals surface area (Å²) < 4.78 is 0. The fraction of sp³-hybridized carbons (Fsp3) is 0.455. The van der Waals surface area contributed by atoms with E-state index in [1.54, 1.807) is 0 Å². The van der Waals surface area contributed by atoms with Gasteiger partial charge in [-0.2, -0.15) is 0 Å². The SMILES string of the molecule is C1=CC(C2=CCCNC2)=CCC1. The van der Waals surface area contributed by atoms with E-state index < -0.39 is 0 Å². The maximum atomic E-state index is 3.39. The Morgan fingerprint density at radius 3 is 2.75 bits per heavy atom. The van der Waals surface area contributed by atoms with Crippen molar-refractivity contribution in [1.29, 1.82) is 0 Å². The second-order valence-electron chi connectivity index (χ2n) is 3.33. The Bertz CT molecular complexity index is 246. The van der Waals surface area contributed by atoms with Gasteiger partial charge in [0.25, 0.3) is 0 Å². The third-order valence-electron chi connectivity index (χ3n) is 2.39. The van der Waals surface area contributed by atoms with Gasteiger partial charge in [-0.15, -0.1) is 0 Å². The molecule has 0 saturated carbocycles. The number of allylic oxidation sites excluding steroid dienone is 3. The minimum absolute atomic E-state index is 1.05. The minimum Gasteiger partial charge on any atom is -0.312 e. The fourth-order valence-corrected chi connectivity index (χ4v) is 1.72. The second kappa shape index (κ2) is 3.72. The van der Waals surface area contributed by atoms with Crippen molar-refractivity contribution in [1.82, 2.24) is 5.32 Å². The van der Waals surface area contributed by atoms with Crippen LogP contribution >= 0.6 is 0 Å². The first kappa shape index (κ1) is 7.81. The molecule has 0 bridgehead atoms. The smallest absolute Gasteiger partial charge is 0.0208 e. The van der Waals surface area contributed by atoms with Gasteiger partial charge in [0, 0.05) is 6.54 Å². The molecule has 1 aliphatic carbocycles. The van der Waals surface area contributed by atoms with Crippen LogP contribution in [0.4, 0.5) is 0 Å². The van der Waals surface area contributed by atoms with E-state index in [9.17, 15) is 0 Å². The highest BCUT2D eigenvalue weighted by molar-refractivity contribution is 5.42. The third-order valence-corrected chi connectivity index (χ3v) is 2.39. The summed E-state index contributed by atoms with van der Waals surface area (Å²) in [4.78, 5) is 0. The zero-order valence-corrected chi connectivity index (χ0v) is 7.34. The summed E-state index contributed by atoms with van der Waals surface area (Å²) in [6.45, 7) is 2.19. The molecule has 0 aromatic rings. The largest absolute Gasteiger partial charge is 0.312 e. The molecule has 1 nitrogen and oxygen atoms in total. The van der Waals surface area contributed by atoms with Crippen molar-refractivity contribution in [3.63, 3.8) is 0 Å². The zero-order valence-electron chi connectivity index (χ0n) is 7.34. The van der Waals surface area contributed by atoms with Crippen LogP contribution in [0.3, 0.4) is 0 Å². The van der Waals surface area contributed by atoms with Gasteiger partial charge in [-0.05, 0) is 37.0 Å². The Hall–Kier alpha value is -0.820. The van der Waals surface area contributed by atoms with E-state index in [1.807, 2.05) is 0 Å². The predicted molar refractivity (Wildman–Crippen MR) is 52.0 cm³/mol. The molecule has 2 rings (SSSR count). The Morgan fingerprint density at radius 1 is 1.08 bits per heavy atom. The monoisotopic (exact) mass is 161 g/mol. The fourth-order valence-electron chi connectivity index (χ4n) is 1.72. The molecular formula is C11H15N. The molecule has 0 fully saturated rings. The lowest BCUT2D eigenvalue weighted by Crippen LogP contribution is -2.22. The van der Waals surface area contributed by atoms with Crippen molar-refractivity contribution in [2.75, 3.05) is 13.1 Å². The summed E-state index contributed by atoms with van der Waals surface area (Å²) in [7, 11) is 0. The number of rotatable bonds is 1. The van der Waals surface area contributed by atoms with Gasteiger partial charge < -0.3 is 5.32 Å². The molecule has 0 amide bonds. The summed E-state index contributed by atoms with van der Waals surface area (Å²) >= 11 is 0. The summed E-state index contributed by atoms with van der Waals surface area (Å²) in [5.74, 6) is 0. The van der Waals surface area contributed by atoms with Crippen molar-refractivity contribution in [2.45, 2.75) is 19.3 Å². The molecule has 0 atom stereocenters. The highest BCUT2D eigenvalue weighted by Crippen LogP contribution is 2.19. The first-order valence-corrected chi connectivity index (χ1v) is 4.73. The lowest BCUT2D eigenvalue weighted by Gasteiger charge is -2.16. The van der Waals surface area contributed by atoms with Crippen LogP contribution in [0.5, 0.6) is 0 Å². The van der Waals surface area contributed by atoms with Crippen LogP contribution in [0.1, 0.15) is 19.3 Å². The van der Waals surface area contributed by atoms with Crippen LogP contribution in [0, 0.1) is 0 Å². The van der Waals surface area contributed by atoms with Crippen molar-refractivity contribution in [3.8, 4) is 0 Å². The Morgan fingerprint density at radius 2 is 2.08 bits per heavy atom. The lowest BCUT2D eigenvalue weighted by molar-refractivity contribution is 0.707. The van der Waals surface area contributed by atoms with Gasteiger partial charge in [0.05, 0.1) is 0 Å². The van der Waals surface area contributed by atoms with Gasteiger partial charge in [-0.3, -0.25) is 0 Å². The first-order chi connectivity index (χ1) is 5.97. The van der Waals surface area contributed by atoms with Crippen LogP contribution < -0.4 is 5.32 Å². The molecule has 0 radical (unpaired) electrons. The average molecular weight is 161 g/mol. The Kier molecular flexibility index (Phi) is 2.42. The predicted octanol–water partition coefficient (Wildman–Crippen LogP) is 2.18. The summed E-state index contributed by atoms with van der Waals surface area (Å²) in [5, 5.41) is 3.39. The topological polar surface area (TPSA) is 12.0 Å². The first-order valence-electron chi connectivity index (χ1n) is 4.73. The number of nitrogens with one attached hydrogen (secondary N) is 1. The molecule has 1 N–H and O–H groups in total. The highest BCUT2D eigenvalue weighted by atomic mass is 14.9. The molecule has 0 saturated heterocycles. The van der Waals surface area contributed by atoms with Crippen LogP contribution in [0.15, 0.2) is 35.5 Å². The molecule has 0 unspecified atom stereocenters. The zero-order chi connectivity index (χ0) is 8.23. The van der Waals surface area contributed by atoms with E-state index in [-0.39, 0.29) is 0 Å². The van der Waals surface area contributed by atoms with Crippen molar-refractivity contribution >= 4 is 0 Å². The van der Waals surface area contributed by atoms with E-state index in [2.05, 4.69) is 29.6 Å². The molecule has 12 heavy (non-hydrogen) atoms. The van der Waals surface area contributed by atoms with Gasteiger partial charge in [-0.1, -0.05) is 24.3 Å². The summed E-state index contributed by atoms with van der Waals surface area (Å²) in [5.41, 5.74) is 2.92. The average Bonchev–Trinajstić information content (AvgIpc) is 2.21.